The highest BCUT2D eigenvalue weighted by molar-refractivity contribution is 5.75. The molecule has 4 fully saturated rings. The Morgan fingerprint density at radius 3 is 2.33 bits per heavy atom. The lowest BCUT2D eigenvalue weighted by Gasteiger charge is -2.55. The van der Waals surface area contributed by atoms with Crippen LogP contribution in [-0.2, 0) is 19.0 Å². The first kappa shape index (κ1) is 15.7. The number of aryl methyl sites for hydroxylation is 1. The van der Waals surface area contributed by atoms with Crippen LogP contribution in [0.25, 0.3) is 11.0 Å². The van der Waals surface area contributed by atoms with E-state index in [4.69, 9.17) is 4.42 Å². The highest BCUT2D eigenvalue weighted by Gasteiger charge is 2.54. The number of fused-ring (bicyclic) bond motifs is 1. The standard InChI is InChI=1S/C21H24N4O2/c1-24-16-4-2-3-5-17(16)25(20(24)26)12-18-22-23-19(27-18)21-9-13-6-14(10-21)8-15(7-13)11-21/h2-5,13-15H,6-12H2,1H3. The Balaban J connectivity index is 1.35. The molecular formula is C21H24N4O2. The van der Waals surface area contributed by atoms with E-state index in [2.05, 4.69) is 10.2 Å². The van der Waals surface area contributed by atoms with E-state index in [1.165, 1.54) is 38.5 Å². The molecule has 6 nitrogen and oxygen atoms in total. The van der Waals surface area contributed by atoms with Crippen molar-refractivity contribution in [3.05, 3.63) is 46.5 Å². The molecule has 0 amide bonds. The Labute approximate surface area is 157 Å². The summed E-state index contributed by atoms with van der Waals surface area (Å²) in [5.74, 6) is 3.89. The van der Waals surface area contributed by atoms with Crippen molar-refractivity contribution >= 4 is 11.0 Å². The molecule has 140 valence electrons. The Bertz CT molecular complexity index is 1050. The van der Waals surface area contributed by atoms with Crippen molar-refractivity contribution in [3.63, 3.8) is 0 Å². The van der Waals surface area contributed by atoms with Gasteiger partial charge in [0.1, 0.15) is 6.54 Å². The molecule has 4 aliphatic rings. The number of aromatic nitrogens is 4. The number of hydrogen-bond acceptors (Lipinski definition) is 4. The van der Waals surface area contributed by atoms with Crippen molar-refractivity contribution in [2.75, 3.05) is 0 Å². The van der Waals surface area contributed by atoms with Gasteiger partial charge in [-0.2, -0.15) is 0 Å². The summed E-state index contributed by atoms with van der Waals surface area (Å²) in [5, 5.41) is 8.82. The molecule has 2 heterocycles. The van der Waals surface area contributed by atoms with Gasteiger partial charge in [0.25, 0.3) is 0 Å². The van der Waals surface area contributed by atoms with Crippen LogP contribution in [-0.4, -0.2) is 19.3 Å². The number of para-hydroxylation sites is 2. The van der Waals surface area contributed by atoms with E-state index in [1.807, 2.05) is 24.3 Å². The highest BCUT2D eigenvalue weighted by Crippen LogP contribution is 2.60. The van der Waals surface area contributed by atoms with Crippen LogP contribution in [0, 0.1) is 17.8 Å². The van der Waals surface area contributed by atoms with E-state index in [9.17, 15) is 4.79 Å². The van der Waals surface area contributed by atoms with E-state index < -0.39 is 0 Å². The van der Waals surface area contributed by atoms with Gasteiger partial charge in [-0.25, -0.2) is 4.79 Å². The summed E-state index contributed by atoms with van der Waals surface area (Å²) in [6.45, 7) is 0.333. The summed E-state index contributed by atoms with van der Waals surface area (Å²) in [4.78, 5) is 12.7. The van der Waals surface area contributed by atoms with E-state index >= 15 is 0 Å². The first-order chi connectivity index (χ1) is 13.1. The molecule has 6 heteroatoms. The molecule has 0 aliphatic heterocycles. The summed E-state index contributed by atoms with van der Waals surface area (Å²) in [7, 11) is 1.80. The van der Waals surface area contributed by atoms with Crippen LogP contribution in [0.5, 0.6) is 0 Å². The molecule has 0 unspecified atom stereocenters. The number of benzene rings is 1. The van der Waals surface area contributed by atoms with Gasteiger partial charge in [-0.1, -0.05) is 12.1 Å². The first-order valence-electron chi connectivity index (χ1n) is 10.1. The van der Waals surface area contributed by atoms with E-state index in [-0.39, 0.29) is 11.1 Å². The van der Waals surface area contributed by atoms with Crippen LogP contribution < -0.4 is 5.69 Å². The normalized spacial score (nSPS) is 31.8. The molecular weight excluding hydrogens is 340 g/mol. The van der Waals surface area contributed by atoms with Gasteiger partial charge in [0.05, 0.1) is 11.0 Å². The lowest BCUT2D eigenvalue weighted by Crippen LogP contribution is -2.48. The molecule has 7 rings (SSSR count). The van der Waals surface area contributed by atoms with Crippen LogP contribution in [0.4, 0.5) is 0 Å². The topological polar surface area (TPSA) is 65.8 Å². The summed E-state index contributed by atoms with van der Waals surface area (Å²) in [5.41, 5.74) is 1.87. The maximum absolute atomic E-state index is 12.7. The van der Waals surface area contributed by atoms with Crippen LogP contribution in [0.15, 0.2) is 33.5 Å². The fourth-order valence-corrected chi connectivity index (χ4v) is 6.56. The third kappa shape index (κ3) is 2.22. The van der Waals surface area contributed by atoms with Crippen molar-refractivity contribution in [2.24, 2.45) is 24.8 Å². The maximum Gasteiger partial charge on any atom is 0.329 e. The highest BCUT2D eigenvalue weighted by atomic mass is 16.4. The van der Waals surface area contributed by atoms with Crippen molar-refractivity contribution in [3.8, 4) is 0 Å². The Morgan fingerprint density at radius 2 is 1.67 bits per heavy atom. The van der Waals surface area contributed by atoms with Crippen molar-refractivity contribution in [2.45, 2.75) is 50.5 Å². The molecule has 27 heavy (non-hydrogen) atoms. The van der Waals surface area contributed by atoms with Gasteiger partial charge in [-0.05, 0) is 68.4 Å². The van der Waals surface area contributed by atoms with Crippen LogP contribution in [0.1, 0.15) is 50.3 Å². The average Bonchev–Trinajstić information content (AvgIpc) is 3.21. The molecule has 4 bridgehead atoms. The Hall–Kier alpha value is -2.37. The monoisotopic (exact) mass is 364 g/mol. The molecule has 0 spiro atoms. The zero-order valence-corrected chi connectivity index (χ0v) is 15.6. The quantitative estimate of drug-likeness (QED) is 0.716. The molecule has 0 radical (unpaired) electrons. The summed E-state index contributed by atoms with van der Waals surface area (Å²) >= 11 is 0. The molecule has 0 saturated heterocycles. The van der Waals surface area contributed by atoms with E-state index in [0.29, 0.717) is 12.4 Å². The number of hydrogen-bond donors (Lipinski definition) is 0. The largest absolute Gasteiger partial charge is 0.423 e. The van der Waals surface area contributed by atoms with Gasteiger partial charge in [0, 0.05) is 12.5 Å². The third-order valence-corrected chi connectivity index (χ3v) is 7.30. The van der Waals surface area contributed by atoms with Gasteiger partial charge in [-0.15, -0.1) is 10.2 Å². The molecule has 1 aromatic carbocycles. The zero-order valence-electron chi connectivity index (χ0n) is 15.6. The second-order valence-electron chi connectivity index (χ2n) is 9.12. The minimum atomic E-state index is -0.0502. The van der Waals surface area contributed by atoms with E-state index in [1.54, 1.807) is 16.2 Å². The molecule has 3 aromatic rings. The van der Waals surface area contributed by atoms with Crippen LogP contribution in [0.3, 0.4) is 0 Å². The van der Waals surface area contributed by atoms with Gasteiger partial charge >= 0.3 is 5.69 Å². The molecule has 4 saturated carbocycles. The smallest absolute Gasteiger partial charge is 0.329 e. The van der Waals surface area contributed by atoms with Gasteiger partial charge in [0.15, 0.2) is 0 Å². The molecule has 0 atom stereocenters. The SMILES string of the molecule is Cn1c(=O)n(Cc2nnc(C34CC5CC(CC(C5)C3)C4)o2)c2ccccc21. The Morgan fingerprint density at radius 1 is 1.04 bits per heavy atom. The van der Waals surface area contributed by atoms with Crippen LogP contribution in [0.2, 0.25) is 0 Å². The summed E-state index contributed by atoms with van der Waals surface area (Å²) in [6.07, 6.45) is 7.79. The third-order valence-electron chi connectivity index (χ3n) is 7.30. The maximum atomic E-state index is 12.7. The molecule has 0 N–H and O–H groups in total. The molecule has 4 aliphatic carbocycles. The predicted octanol–water partition coefficient (Wildman–Crippen LogP) is 3.24. The number of nitrogens with zero attached hydrogens (tertiary/aromatic N) is 4. The number of imidazole rings is 1. The average molecular weight is 364 g/mol. The molecule has 2 aromatic heterocycles. The van der Waals surface area contributed by atoms with Crippen molar-refractivity contribution < 1.29 is 4.42 Å². The lowest BCUT2D eigenvalue weighted by atomic mass is 9.49. The minimum absolute atomic E-state index is 0.0502. The fourth-order valence-electron chi connectivity index (χ4n) is 6.56. The van der Waals surface area contributed by atoms with Gasteiger partial charge in [0.2, 0.25) is 11.8 Å². The fraction of sp³-hybridized carbons (Fsp3) is 0.571. The minimum Gasteiger partial charge on any atom is -0.423 e. The van der Waals surface area contributed by atoms with Crippen LogP contribution >= 0.6 is 0 Å². The second kappa shape index (κ2) is 5.33. The first-order valence-corrected chi connectivity index (χ1v) is 10.1. The van der Waals surface area contributed by atoms with Gasteiger partial charge in [-0.3, -0.25) is 9.13 Å². The van der Waals surface area contributed by atoms with Crippen molar-refractivity contribution in [1.82, 2.24) is 19.3 Å². The van der Waals surface area contributed by atoms with Crippen molar-refractivity contribution in [1.29, 1.82) is 0 Å². The summed E-state index contributed by atoms with van der Waals surface area (Å²) in [6, 6.07) is 7.83. The second-order valence-corrected chi connectivity index (χ2v) is 9.12. The summed E-state index contributed by atoms with van der Waals surface area (Å²) < 4.78 is 9.60. The number of rotatable bonds is 3. The van der Waals surface area contributed by atoms with E-state index in [0.717, 1.165) is 34.7 Å². The Kier molecular flexibility index (Phi) is 3.09. The van der Waals surface area contributed by atoms with Gasteiger partial charge < -0.3 is 4.42 Å². The zero-order chi connectivity index (χ0) is 18.2. The lowest BCUT2D eigenvalue weighted by molar-refractivity contribution is -0.0182. The predicted molar refractivity (Wildman–Crippen MR) is 100 cm³/mol.